The van der Waals surface area contributed by atoms with Gasteiger partial charge < -0.3 is 4.42 Å². The Balaban J connectivity index is 2.05. The van der Waals surface area contributed by atoms with Crippen LogP contribution in [0.2, 0.25) is 0 Å². The van der Waals surface area contributed by atoms with Crippen molar-refractivity contribution < 1.29 is 9.21 Å². The van der Waals surface area contributed by atoms with Gasteiger partial charge in [0.1, 0.15) is 5.52 Å². The molecule has 0 bridgehead atoms. The minimum Gasteiger partial charge on any atom is -0.435 e. The summed E-state index contributed by atoms with van der Waals surface area (Å²) in [4.78, 5) is 19.7. The maximum Gasteiger partial charge on any atom is 0.271 e. The van der Waals surface area contributed by atoms with Gasteiger partial charge in [0.25, 0.3) is 5.91 Å². The van der Waals surface area contributed by atoms with E-state index >= 15 is 0 Å². The lowest BCUT2D eigenvalue weighted by molar-refractivity contribution is -0.112. The zero-order valence-corrected chi connectivity index (χ0v) is 9.83. The highest BCUT2D eigenvalue weighted by Gasteiger charge is 2.13. The number of carbonyl (C=O) groups is 1. The van der Waals surface area contributed by atoms with Crippen LogP contribution in [-0.4, -0.2) is 10.9 Å². The Morgan fingerprint density at radius 1 is 1.00 bits per heavy atom. The van der Waals surface area contributed by atoms with Crippen molar-refractivity contribution in [1.29, 1.82) is 0 Å². The molecule has 4 nitrogen and oxygen atoms in total. The maximum absolute atomic E-state index is 11.3. The number of amides is 1. The van der Waals surface area contributed by atoms with Crippen LogP contribution in [0.25, 0.3) is 28.6 Å². The van der Waals surface area contributed by atoms with Crippen LogP contribution < -0.4 is 10.6 Å². The summed E-state index contributed by atoms with van der Waals surface area (Å²) in [5.41, 5.74) is 2.26. The van der Waals surface area contributed by atoms with E-state index in [0.717, 1.165) is 16.3 Å². The number of benzene rings is 2. The van der Waals surface area contributed by atoms with Crippen molar-refractivity contribution in [3.8, 4) is 11.5 Å². The summed E-state index contributed by atoms with van der Waals surface area (Å²) in [5, 5.41) is 1.37. The van der Waals surface area contributed by atoms with Gasteiger partial charge >= 0.3 is 0 Å². The number of fused-ring (bicyclic) bond motifs is 3. The van der Waals surface area contributed by atoms with Crippen molar-refractivity contribution in [2.24, 2.45) is 4.99 Å². The van der Waals surface area contributed by atoms with Gasteiger partial charge in [0.15, 0.2) is 5.58 Å². The molecule has 1 aliphatic rings. The SMILES string of the molecule is O=C1C=c2c(ccc3nc(-c4ccccc4)oc23)=N1. The normalized spacial score (nSPS) is 13.2. The monoisotopic (exact) mass is 248 g/mol. The molecule has 19 heavy (non-hydrogen) atoms. The van der Waals surface area contributed by atoms with E-state index in [1.165, 1.54) is 6.08 Å². The fourth-order valence-electron chi connectivity index (χ4n) is 2.22. The fourth-order valence-corrected chi connectivity index (χ4v) is 2.22. The van der Waals surface area contributed by atoms with E-state index in [0.29, 0.717) is 16.8 Å². The molecule has 0 unspecified atom stereocenters. The lowest BCUT2D eigenvalue weighted by Gasteiger charge is -1.91. The summed E-state index contributed by atoms with van der Waals surface area (Å²) in [5.74, 6) is 0.303. The average molecular weight is 248 g/mol. The van der Waals surface area contributed by atoms with Crippen molar-refractivity contribution in [3.05, 3.63) is 53.0 Å². The molecule has 0 saturated carbocycles. The summed E-state index contributed by atoms with van der Waals surface area (Å²) in [6.45, 7) is 0. The molecular formula is C15H8N2O2. The molecular weight excluding hydrogens is 240 g/mol. The number of rotatable bonds is 1. The van der Waals surface area contributed by atoms with E-state index in [9.17, 15) is 4.79 Å². The van der Waals surface area contributed by atoms with E-state index in [2.05, 4.69) is 9.98 Å². The molecule has 4 rings (SSSR count). The number of oxazole rings is 1. The lowest BCUT2D eigenvalue weighted by Crippen LogP contribution is -2.21. The number of hydrogen-bond acceptors (Lipinski definition) is 3. The highest BCUT2D eigenvalue weighted by molar-refractivity contribution is 6.08. The van der Waals surface area contributed by atoms with Gasteiger partial charge in [-0.15, -0.1) is 0 Å². The highest BCUT2D eigenvalue weighted by Crippen LogP contribution is 2.21. The Morgan fingerprint density at radius 3 is 2.68 bits per heavy atom. The molecule has 2 heterocycles. The van der Waals surface area contributed by atoms with Crippen LogP contribution in [0.5, 0.6) is 0 Å². The largest absolute Gasteiger partial charge is 0.435 e. The van der Waals surface area contributed by atoms with Gasteiger partial charge in [-0.05, 0) is 24.3 Å². The zero-order valence-electron chi connectivity index (χ0n) is 9.83. The molecule has 1 amide bonds. The smallest absolute Gasteiger partial charge is 0.271 e. The summed E-state index contributed by atoms with van der Waals surface area (Å²) in [7, 11) is 0. The first-order valence-electron chi connectivity index (χ1n) is 5.91. The summed E-state index contributed by atoms with van der Waals surface area (Å²) < 4.78 is 5.79. The van der Waals surface area contributed by atoms with Gasteiger partial charge in [0.05, 0.1) is 10.6 Å². The summed E-state index contributed by atoms with van der Waals surface area (Å²) in [6, 6.07) is 13.3. The minimum atomic E-state index is -0.250. The second-order valence-corrected chi connectivity index (χ2v) is 4.33. The Bertz CT molecular complexity index is 924. The highest BCUT2D eigenvalue weighted by atomic mass is 16.3. The minimum absolute atomic E-state index is 0.250. The van der Waals surface area contributed by atoms with Crippen LogP contribution in [0.4, 0.5) is 0 Å². The van der Waals surface area contributed by atoms with Crippen LogP contribution in [-0.2, 0) is 4.79 Å². The third-order valence-electron chi connectivity index (χ3n) is 3.09. The zero-order chi connectivity index (χ0) is 12.8. The maximum atomic E-state index is 11.3. The molecule has 0 atom stereocenters. The predicted molar refractivity (Wildman–Crippen MR) is 69.7 cm³/mol. The average Bonchev–Trinajstić information content (AvgIpc) is 3.01. The first-order chi connectivity index (χ1) is 9.31. The van der Waals surface area contributed by atoms with E-state index in [1.54, 1.807) is 6.07 Å². The molecule has 1 aromatic heterocycles. The lowest BCUT2D eigenvalue weighted by atomic mass is 10.2. The number of carbonyl (C=O) groups excluding carboxylic acids is 1. The van der Waals surface area contributed by atoms with Crippen molar-refractivity contribution >= 4 is 23.1 Å². The van der Waals surface area contributed by atoms with E-state index < -0.39 is 0 Å². The number of hydrogen-bond donors (Lipinski definition) is 0. The second kappa shape index (κ2) is 3.62. The standard InChI is InChI=1S/C15H8N2O2/c18-13-8-10-11(16-13)6-7-12-14(10)19-15(17-12)9-4-2-1-3-5-9/h1-8H. The van der Waals surface area contributed by atoms with Gasteiger partial charge in [-0.2, -0.15) is 0 Å². The van der Waals surface area contributed by atoms with Gasteiger partial charge in [0.2, 0.25) is 5.89 Å². The fraction of sp³-hybridized carbons (Fsp3) is 0. The van der Waals surface area contributed by atoms with Crippen molar-refractivity contribution in [2.75, 3.05) is 0 Å². The van der Waals surface area contributed by atoms with Crippen LogP contribution in [0.15, 0.2) is 51.9 Å². The molecule has 0 N–H and O–H groups in total. The second-order valence-electron chi connectivity index (χ2n) is 4.33. The molecule has 3 aromatic rings. The van der Waals surface area contributed by atoms with E-state index in [1.807, 2.05) is 36.4 Å². The third kappa shape index (κ3) is 1.50. The topological polar surface area (TPSA) is 55.5 Å². The number of nitrogens with zero attached hydrogens (tertiary/aromatic N) is 2. The molecule has 2 aromatic carbocycles. The Hall–Kier alpha value is -2.75. The van der Waals surface area contributed by atoms with Gasteiger partial charge in [-0.25, -0.2) is 9.98 Å². The quantitative estimate of drug-likeness (QED) is 0.654. The molecule has 0 spiro atoms. The Kier molecular flexibility index (Phi) is 1.94. The van der Waals surface area contributed by atoms with Gasteiger partial charge in [-0.1, -0.05) is 18.2 Å². The Morgan fingerprint density at radius 2 is 1.84 bits per heavy atom. The molecule has 0 fully saturated rings. The van der Waals surface area contributed by atoms with Gasteiger partial charge in [-0.3, -0.25) is 4.79 Å². The molecule has 4 heteroatoms. The Labute approximate surface area is 107 Å². The molecule has 90 valence electrons. The summed E-state index contributed by atoms with van der Waals surface area (Å²) >= 11 is 0. The first kappa shape index (κ1) is 10.2. The van der Waals surface area contributed by atoms with Crippen LogP contribution in [0.1, 0.15) is 0 Å². The van der Waals surface area contributed by atoms with E-state index in [4.69, 9.17) is 4.42 Å². The van der Waals surface area contributed by atoms with Crippen LogP contribution in [0.3, 0.4) is 0 Å². The van der Waals surface area contributed by atoms with Gasteiger partial charge in [0, 0.05) is 11.6 Å². The van der Waals surface area contributed by atoms with Crippen LogP contribution >= 0.6 is 0 Å². The predicted octanol–water partition coefficient (Wildman–Crippen LogP) is 1.44. The van der Waals surface area contributed by atoms with Crippen molar-refractivity contribution in [1.82, 2.24) is 4.98 Å². The van der Waals surface area contributed by atoms with Crippen LogP contribution in [0, 0.1) is 0 Å². The molecule has 0 aliphatic carbocycles. The molecule has 1 aliphatic heterocycles. The van der Waals surface area contributed by atoms with E-state index in [-0.39, 0.29) is 5.91 Å². The number of aromatic nitrogens is 1. The van der Waals surface area contributed by atoms with Crippen molar-refractivity contribution in [2.45, 2.75) is 0 Å². The first-order valence-corrected chi connectivity index (χ1v) is 5.91. The van der Waals surface area contributed by atoms with Crippen molar-refractivity contribution in [3.63, 3.8) is 0 Å². The summed E-state index contributed by atoms with van der Waals surface area (Å²) in [6.07, 6.45) is 1.48. The molecule has 0 saturated heterocycles. The molecule has 0 radical (unpaired) electrons. The third-order valence-corrected chi connectivity index (χ3v) is 3.09.